The first-order valence-electron chi connectivity index (χ1n) is 13.6. The Hall–Kier alpha value is -2.03. The van der Waals surface area contributed by atoms with Gasteiger partial charge in [0, 0.05) is 12.5 Å². The molecule has 0 aliphatic carbocycles. The highest BCUT2D eigenvalue weighted by atomic mass is 16.6. The fraction of sp³-hybridized carbons (Fsp3) is 0.633. The highest BCUT2D eigenvalue weighted by Crippen LogP contribution is 2.31. The van der Waals surface area contributed by atoms with Crippen LogP contribution in [0.2, 0.25) is 0 Å². The number of esters is 1. The van der Waals surface area contributed by atoms with Crippen LogP contribution in [0, 0.1) is 5.92 Å². The monoisotopic (exact) mass is 514 g/mol. The Morgan fingerprint density at radius 2 is 1.86 bits per heavy atom. The van der Waals surface area contributed by atoms with Crippen molar-refractivity contribution in [1.82, 2.24) is 0 Å². The Morgan fingerprint density at radius 1 is 1.03 bits per heavy atom. The largest absolute Gasteiger partial charge is 0.456 e. The van der Waals surface area contributed by atoms with Gasteiger partial charge in [-0.25, -0.2) is 4.79 Å². The van der Waals surface area contributed by atoms with Crippen molar-refractivity contribution in [3.63, 3.8) is 0 Å². The molecule has 0 spiro atoms. The van der Waals surface area contributed by atoms with E-state index >= 15 is 0 Å². The lowest BCUT2D eigenvalue weighted by Crippen LogP contribution is -2.37. The van der Waals surface area contributed by atoms with E-state index in [4.69, 9.17) is 18.9 Å². The van der Waals surface area contributed by atoms with Gasteiger partial charge in [0.1, 0.15) is 18.3 Å². The van der Waals surface area contributed by atoms with Gasteiger partial charge in [0.15, 0.2) is 0 Å². The van der Waals surface area contributed by atoms with E-state index in [0.29, 0.717) is 18.9 Å². The van der Waals surface area contributed by atoms with Crippen LogP contribution >= 0.6 is 0 Å². The normalized spacial score (nSPS) is 41.1. The van der Waals surface area contributed by atoms with E-state index in [1.807, 2.05) is 18.2 Å². The van der Waals surface area contributed by atoms with Gasteiger partial charge in [-0.1, -0.05) is 61.1 Å². The summed E-state index contributed by atoms with van der Waals surface area (Å²) in [5.41, 5.74) is 2.15. The number of aliphatic hydroxyl groups excluding tert-OH is 2. The van der Waals surface area contributed by atoms with Crippen LogP contribution in [0.4, 0.5) is 0 Å². The molecule has 37 heavy (non-hydrogen) atoms. The third-order valence-corrected chi connectivity index (χ3v) is 7.53. The smallest absolute Gasteiger partial charge is 0.330 e. The number of aliphatic hydroxyl groups is 2. The summed E-state index contributed by atoms with van der Waals surface area (Å²) in [4.78, 5) is 12.7. The fourth-order valence-electron chi connectivity index (χ4n) is 5.62. The molecule has 4 rings (SSSR count). The Bertz CT molecular complexity index is 919. The van der Waals surface area contributed by atoms with E-state index in [9.17, 15) is 15.0 Å². The first-order valence-corrected chi connectivity index (χ1v) is 13.6. The minimum absolute atomic E-state index is 0.0723. The zero-order chi connectivity index (χ0) is 26.4. The van der Waals surface area contributed by atoms with Gasteiger partial charge in [0.2, 0.25) is 0 Å². The molecule has 7 heteroatoms. The number of rotatable bonds is 2. The van der Waals surface area contributed by atoms with E-state index in [0.717, 1.165) is 31.3 Å². The highest BCUT2D eigenvalue weighted by Gasteiger charge is 2.42. The molecule has 2 N–H and O–H groups in total. The maximum Gasteiger partial charge on any atom is 0.330 e. The van der Waals surface area contributed by atoms with Crippen LogP contribution in [0.5, 0.6) is 0 Å². The summed E-state index contributed by atoms with van der Waals surface area (Å²) in [5, 5.41) is 21.7. The van der Waals surface area contributed by atoms with E-state index in [-0.39, 0.29) is 31.2 Å². The highest BCUT2D eigenvalue weighted by molar-refractivity contribution is 5.82. The van der Waals surface area contributed by atoms with Gasteiger partial charge >= 0.3 is 5.97 Å². The molecule has 4 bridgehead atoms. The average molecular weight is 515 g/mol. The molecule has 0 aromatic carbocycles. The standard InChI is InChI=1S/C30H42O7/c1-19-12-13-34-23(15-19)10-11-26-27-18-28(36-26)30(33)25(31)17-21(3)14-20(2)16-24-8-4-6-22(35-24)7-5-9-29(32)37-27/h4-6,9-12,20,22-28,30-31,33H,3,7-8,13-18H2,1-2H3/b9-5-,11-10+/t20-,22+,23-,24+,25+,26+,27+,28-,30+/m1/s1. The van der Waals surface area contributed by atoms with E-state index in [2.05, 4.69) is 32.6 Å². The molecule has 0 unspecified atom stereocenters. The van der Waals surface area contributed by atoms with Gasteiger partial charge in [-0.15, -0.1) is 0 Å². The predicted octanol–water partition coefficient (Wildman–Crippen LogP) is 4.11. The lowest BCUT2D eigenvalue weighted by atomic mass is 9.90. The van der Waals surface area contributed by atoms with Crippen LogP contribution in [-0.4, -0.2) is 71.6 Å². The van der Waals surface area contributed by atoms with Crippen LogP contribution in [-0.2, 0) is 23.7 Å². The maximum absolute atomic E-state index is 12.7. The van der Waals surface area contributed by atoms with Gasteiger partial charge in [0.05, 0.1) is 37.1 Å². The Labute approximate surface area is 220 Å². The summed E-state index contributed by atoms with van der Waals surface area (Å²) in [5.74, 6) is -0.129. The molecule has 0 aromatic heterocycles. The summed E-state index contributed by atoms with van der Waals surface area (Å²) >= 11 is 0. The summed E-state index contributed by atoms with van der Waals surface area (Å²) < 4.78 is 23.9. The molecule has 0 amide bonds. The number of carbonyl (C=O) groups is 1. The van der Waals surface area contributed by atoms with Gasteiger partial charge in [-0.05, 0) is 51.4 Å². The minimum atomic E-state index is -1.12. The van der Waals surface area contributed by atoms with Crippen molar-refractivity contribution in [2.45, 2.75) is 108 Å². The number of carbonyl (C=O) groups excluding carboxylic acids is 1. The van der Waals surface area contributed by atoms with Crippen molar-refractivity contribution < 1.29 is 34.0 Å². The van der Waals surface area contributed by atoms with Crippen molar-refractivity contribution in [3.8, 4) is 0 Å². The molecular weight excluding hydrogens is 472 g/mol. The van der Waals surface area contributed by atoms with Crippen LogP contribution in [0.3, 0.4) is 0 Å². The molecule has 7 nitrogen and oxygen atoms in total. The van der Waals surface area contributed by atoms with E-state index in [1.54, 1.807) is 6.08 Å². The second-order valence-corrected chi connectivity index (χ2v) is 11.0. The number of hydrogen-bond donors (Lipinski definition) is 2. The SMILES string of the molecule is C=C1C[C@@H](C)C[C@@H]2CC=C[C@@H](C/C=C\C(=O)O[C@H]3C[C@@H](O[C@H]3/C=C/[C@@H]3CC(C)=CCO3)[C@@H](O)[C@@H](O)C1)O2. The molecule has 0 radical (unpaired) electrons. The topological polar surface area (TPSA) is 94.5 Å². The average Bonchev–Trinajstić information content (AvgIpc) is 3.24. The third-order valence-electron chi connectivity index (χ3n) is 7.53. The molecule has 0 aromatic rings. The zero-order valence-corrected chi connectivity index (χ0v) is 22.0. The van der Waals surface area contributed by atoms with Crippen LogP contribution < -0.4 is 0 Å². The third kappa shape index (κ3) is 8.23. The van der Waals surface area contributed by atoms with E-state index < -0.39 is 36.5 Å². The summed E-state index contributed by atoms with van der Waals surface area (Å²) in [6, 6.07) is 0. The quantitative estimate of drug-likeness (QED) is 0.423. The molecule has 4 aliphatic rings. The van der Waals surface area contributed by atoms with Crippen LogP contribution in [0.15, 0.2) is 60.3 Å². The van der Waals surface area contributed by atoms with Gasteiger partial charge in [-0.2, -0.15) is 0 Å². The van der Waals surface area contributed by atoms with Gasteiger partial charge < -0.3 is 29.2 Å². The Balaban J connectivity index is 1.49. The molecule has 1 saturated heterocycles. The number of hydrogen-bond acceptors (Lipinski definition) is 7. The lowest BCUT2D eigenvalue weighted by Gasteiger charge is -2.28. The maximum atomic E-state index is 12.7. The van der Waals surface area contributed by atoms with Crippen molar-refractivity contribution in [2.75, 3.05) is 6.61 Å². The zero-order valence-electron chi connectivity index (χ0n) is 22.0. The molecule has 9 atom stereocenters. The van der Waals surface area contributed by atoms with Crippen LogP contribution in [0.1, 0.15) is 58.8 Å². The summed E-state index contributed by atoms with van der Waals surface area (Å²) in [7, 11) is 0. The van der Waals surface area contributed by atoms with Crippen molar-refractivity contribution >= 4 is 5.97 Å². The minimum Gasteiger partial charge on any atom is -0.456 e. The number of ether oxygens (including phenoxy) is 4. The van der Waals surface area contributed by atoms with Gasteiger partial charge in [-0.3, -0.25) is 0 Å². The second-order valence-electron chi connectivity index (χ2n) is 11.0. The molecule has 1 fully saturated rings. The summed E-state index contributed by atoms with van der Waals surface area (Å²) in [6.45, 7) is 8.95. The second kappa shape index (κ2) is 13.2. The molecule has 0 saturated carbocycles. The first-order chi connectivity index (χ1) is 17.8. The Morgan fingerprint density at radius 3 is 2.68 bits per heavy atom. The van der Waals surface area contributed by atoms with Crippen molar-refractivity contribution in [2.24, 2.45) is 5.92 Å². The molecule has 204 valence electrons. The molecule has 4 heterocycles. The Kier molecular flexibility index (Phi) is 9.96. The molecule has 4 aliphatic heterocycles. The van der Waals surface area contributed by atoms with Crippen molar-refractivity contribution in [1.29, 1.82) is 0 Å². The van der Waals surface area contributed by atoms with Crippen LogP contribution in [0.25, 0.3) is 0 Å². The molecular formula is C30H42O7. The van der Waals surface area contributed by atoms with E-state index in [1.165, 1.54) is 11.6 Å². The van der Waals surface area contributed by atoms with Gasteiger partial charge in [0.25, 0.3) is 0 Å². The first kappa shape index (κ1) is 28.0. The lowest BCUT2D eigenvalue weighted by molar-refractivity contribution is -0.144. The predicted molar refractivity (Wildman–Crippen MR) is 141 cm³/mol. The fourth-order valence-corrected chi connectivity index (χ4v) is 5.62. The number of fused-ring (bicyclic) bond motifs is 4. The summed E-state index contributed by atoms with van der Waals surface area (Å²) in [6.07, 6.45) is 13.7. The van der Waals surface area contributed by atoms with Crippen molar-refractivity contribution in [3.05, 3.63) is 60.3 Å².